The summed E-state index contributed by atoms with van der Waals surface area (Å²) in [6, 6.07) is 12.9. The third-order valence-electron chi connectivity index (χ3n) is 2.97. The fourth-order valence-electron chi connectivity index (χ4n) is 2.07. The van der Waals surface area contributed by atoms with Crippen molar-refractivity contribution in [3.8, 4) is 0 Å². The van der Waals surface area contributed by atoms with Gasteiger partial charge >= 0.3 is 0 Å². The van der Waals surface area contributed by atoms with E-state index in [1.54, 1.807) is 24.4 Å². The van der Waals surface area contributed by atoms with Crippen LogP contribution in [0, 0.1) is 0 Å². The molecule has 1 heterocycles. The summed E-state index contributed by atoms with van der Waals surface area (Å²) in [6.07, 6.45) is 1.74. The molecule has 0 aliphatic rings. The highest BCUT2D eigenvalue weighted by Gasteiger charge is 2.06. The van der Waals surface area contributed by atoms with E-state index in [4.69, 9.17) is 28.9 Å². The molecule has 0 aliphatic carbocycles. The topological polar surface area (TPSA) is 50.9 Å². The molecule has 0 saturated carbocycles. The molecule has 0 saturated heterocycles. The van der Waals surface area contributed by atoms with Crippen LogP contribution < -0.4 is 11.1 Å². The Balaban J connectivity index is 2.04. The van der Waals surface area contributed by atoms with E-state index in [2.05, 4.69) is 10.3 Å². The predicted molar refractivity (Wildman–Crippen MR) is 85.9 cm³/mol. The molecule has 100 valence electrons. The van der Waals surface area contributed by atoms with E-state index in [1.807, 2.05) is 24.3 Å². The molecule has 3 nitrogen and oxygen atoms in total. The van der Waals surface area contributed by atoms with E-state index in [1.165, 1.54) is 0 Å². The van der Waals surface area contributed by atoms with Gasteiger partial charge in [0.1, 0.15) is 0 Å². The molecule has 5 heteroatoms. The predicted octanol–water partition coefficient (Wildman–Crippen LogP) is 4.87. The minimum Gasteiger partial charge on any atom is -0.396 e. The van der Waals surface area contributed by atoms with Crippen molar-refractivity contribution in [2.45, 2.75) is 0 Å². The molecule has 0 spiro atoms. The number of nitrogens with zero attached hydrogens (tertiary/aromatic N) is 1. The van der Waals surface area contributed by atoms with Crippen LogP contribution in [0.4, 0.5) is 17.1 Å². The van der Waals surface area contributed by atoms with Crippen LogP contribution >= 0.6 is 23.2 Å². The van der Waals surface area contributed by atoms with Crippen LogP contribution in [0.15, 0.2) is 48.7 Å². The Bertz CT molecular complexity index is 767. The van der Waals surface area contributed by atoms with Crippen molar-refractivity contribution < 1.29 is 0 Å². The molecule has 0 amide bonds. The second-order valence-electron chi connectivity index (χ2n) is 4.38. The zero-order valence-corrected chi connectivity index (χ0v) is 11.9. The summed E-state index contributed by atoms with van der Waals surface area (Å²) in [6.45, 7) is 0. The van der Waals surface area contributed by atoms with E-state index in [0.717, 1.165) is 22.3 Å². The zero-order valence-electron chi connectivity index (χ0n) is 10.4. The number of anilines is 3. The average molecular weight is 304 g/mol. The first-order valence-electron chi connectivity index (χ1n) is 6.00. The standard InChI is InChI=1S/C15H11Cl2N3/c16-9-6-10(17)8-11(7-9)20-14-4-3-13-12(15(14)18)2-1-5-19-13/h1-8,20H,18H2. The van der Waals surface area contributed by atoms with Gasteiger partial charge < -0.3 is 11.1 Å². The van der Waals surface area contributed by atoms with Gasteiger partial charge in [0.25, 0.3) is 0 Å². The Labute approximate surface area is 126 Å². The van der Waals surface area contributed by atoms with Crippen LogP contribution in [-0.4, -0.2) is 4.98 Å². The number of fused-ring (bicyclic) bond motifs is 1. The van der Waals surface area contributed by atoms with E-state index >= 15 is 0 Å². The number of benzene rings is 2. The summed E-state index contributed by atoms with van der Waals surface area (Å²) in [5, 5.41) is 5.27. The van der Waals surface area contributed by atoms with Crippen LogP contribution in [0.1, 0.15) is 0 Å². The van der Waals surface area contributed by atoms with Crippen molar-refractivity contribution in [2.24, 2.45) is 0 Å². The fourth-order valence-corrected chi connectivity index (χ4v) is 2.59. The molecule has 2 aromatic carbocycles. The molecule has 3 N–H and O–H groups in total. The normalized spacial score (nSPS) is 10.7. The second kappa shape index (κ2) is 5.19. The van der Waals surface area contributed by atoms with Gasteiger partial charge in [-0.05, 0) is 42.5 Å². The Kier molecular flexibility index (Phi) is 3.38. The van der Waals surface area contributed by atoms with Gasteiger partial charge in [-0.2, -0.15) is 0 Å². The lowest BCUT2D eigenvalue weighted by Crippen LogP contribution is -1.97. The minimum absolute atomic E-state index is 0.570. The first-order valence-corrected chi connectivity index (χ1v) is 6.75. The highest BCUT2D eigenvalue weighted by atomic mass is 35.5. The number of aromatic nitrogens is 1. The molecule has 20 heavy (non-hydrogen) atoms. The van der Waals surface area contributed by atoms with Crippen molar-refractivity contribution in [2.75, 3.05) is 11.1 Å². The molecular weight excluding hydrogens is 293 g/mol. The van der Waals surface area contributed by atoms with Crippen LogP contribution in [0.2, 0.25) is 10.0 Å². The maximum atomic E-state index is 6.17. The maximum Gasteiger partial charge on any atom is 0.0724 e. The zero-order chi connectivity index (χ0) is 14.1. The van der Waals surface area contributed by atoms with E-state index < -0.39 is 0 Å². The molecule has 0 bridgehead atoms. The first kappa shape index (κ1) is 13.0. The largest absolute Gasteiger partial charge is 0.396 e. The van der Waals surface area contributed by atoms with Gasteiger partial charge in [0.15, 0.2) is 0 Å². The van der Waals surface area contributed by atoms with Gasteiger partial charge in [-0.1, -0.05) is 23.2 Å². The molecule has 0 fully saturated rings. The average Bonchev–Trinajstić information content (AvgIpc) is 2.41. The number of hydrogen-bond acceptors (Lipinski definition) is 3. The fraction of sp³-hybridized carbons (Fsp3) is 0. The quantitative estimate of drug-likeness (QED) is 0.664. The van der Waals surface area contributed by atoms with Gasteiger partial charge in [-0.3, -0.25) is 4.98 Å². The highest BCUT2D eigenvalue weighted by Crippen LogP contribution is 2.31. The number of nitrogens with one attached hydrogen (secondary N) is 1. The third kappa shape index (κ3) is 2.50. The molecule has 3 rings (SSSR count). The maximum absolute atomic E-state index is 6.17. The second-order valence-corrected chi connectivity index (χ2v) is 5.25. The lowest BCUT2D eigenvalue weighted by atomic mass is 10.1. The van der Waals surface area contributed by atoms with Gasteiger partial charge in [-0.25, -0.2) is 0 Å². The molecular formula is C15H11Cl2N3. The molecule has 0 aliphatic heterocycles. The molecule has 0 unspecified atom stereocenters. The molecule has 0 atom stereocenters. The van der Waals surface area contributed by atoms with Gasteiger partial charge in [-0.15, -0.1) is 0 Å². The van der Waals surface area contributed by atoms with Gasteiger partial charge in [0, 0.05) is 27.3 Å². The van der Waals surface area contributed by atoms with Crippen LogP contribution in [0.25, 0.3) is 10.9 Å². The summed E-state index contributed by atoms with van der Waals surface area (Å²) < 4.78 is 0. The summed E-state index contributed by atoms with van der Waals surface area (Å²) in [5.74, 6) is 0. The van der Waals surface area contributed by atoms with Crippen LogP contribution in [-0.2, 0) is 0 Å². The first-order chi connectivity index (χ1) is 9.63. The Morgan fingerprint density at radius 1 is 1.00 bits per heavy atom. The summed E-state index contributed by atoms with van der Waals surface area (Å²) in [5.41, 5.74) is 9.26. The smallest absolute Gasteiger partial charge is 0.0724 e. The Morgan fingerprint density at radius 3 is 2.50 bits per heavy atom. The van der Waals surface area contributed by atoms with Crippen LogP contribution in [0.3, 0.4) is 0 Å². The lowest BCUT2D eigenvalue weighted by Gasteiger charge is -2.12. The lowest BCUT2D eigenvalue weighted by molar-refractivity contribution is 1.41. The molecule has 3 aromatic rings. The third-order valence-corrected chi connectivity index (χ3v) is 3.40. The number of halogens is 2. The SMILES string of the molecule is Nc1c(Nc2cc(Cl)cc(Cl)c2)ccc2ncccc12. The Morgan fingerprint density at radius 2 is 1.75 bits per heavy atom. The number of nitrogens with two attached hydrogens (primary N) is 1. The Hall–Kier alpha value is -1.97. The van der Waals surface area contributed by atoms with Gasteiger partial charge in [0.05, 0.1) is 16.9 Å². The van der Waals surface area contributed by atoms with E-state index in [9.17, 15) is 0 Å². The number of nitrogen functional groups attached to an aromatic ring is 1. The van der Waals surface area contributed by atoms with E-state index in [0.29, 0.717) is 15.7 Å². The van der Waals surface area contributed by atoms with E-state index in [-0.39, 0.29) is 0 Å². The summed E-state index contributed by atoms with van der Waals surface area (Å²) in [4.78, 5) is 4.27. The molecule has 0 radical (unpaired) electrons. The number of pyridine rings is 1. The number of rotatable bonds is 2. The van der Waals surface area contributed by atoms with Crippen molar-refractivity contribution in [1.29, 1.82) is 0 Å². The van der Waals surface area contributed by atoms with Crippen molar-refractivity contribution in [1.82, 2.24) is 4.98 Å². The van der Waals surface area contributed by atoms with Crippen LogP contribution in [0.5, 0.6) is 0 Å². The highest BCUT2D eigenvalue weighted by molar-refractivity contribution is 6.35. The van der Waals surface area contributed by atoms with Gasteiger partial charge in [0.2, 0.25) is 0 Å². The summed E-state index contributed by atoms with van der Waals surface area (Å²) in [7, 11) is 0. The molecule has 1 aromatic heterocycles. The van der Waals surface area contributed by atoms with Crippen molar-refractivity contribution in [3.63, 3.8) is 0 Å². The number of hydrogen-bond donors (Lipinski definition) is 2. The van der Waals surface area contributed by atoms with Crippen molar-refractivity contribution in [3.05, 3.63) is 58.7 Å². The minimum atomic E-state index is 0.570. The monoisotopic (exact) mass is 303 g/mol. The summed E-state index contributed by atoms with van der Waals surface area (Å²) >= 11 is 12.0. The van der Waals surface area contributed by atoms with Crippen molar-refractivity contribution >= 4 is 51.2 Å².